The lowest BCUT2D eigenvalue weighted by molar-refractivity contribution is 0.573. The molecule has 0 saturated heterocycles. The quantitative estimate of drug-likeness (QED) is 0.477. The van der Waals surface area contributed by atoms with E-state index in [4.69, 9.17) is 17.4 Å². The Morgan fingerprint density at radius 1 is 1.10 bits per heavy atom. The monoisotopic (exact) mass is 320 g/mol. The van der Waals surface area contributed by atoms with E-state index in [1.165, 1.54) is 16.7 Å². The van der Waals surface area contributed by atoms with Gasteiger partial charge in [0.25, 0.3) is 0 Å². The van der Waals surface area contributed by atoms with Gasteiger partial charge in [-0.1, -0.05) is 41.9 Å². The summed E-state index contributed by atoms with van der Waals surface area (Å²) in [5, 5.41) is 0.797. The molecule has 0 spiro atoms. The lowest BCUT2D eigenvalue weighted by atomic mass is 9.97. The second kappa shape index (κ2) is 7.85. The Labute approximate surface area is 136 Å². The maximum Gasteiger partial charge on any atom is 0.0541 e. The van der Waals surface area contributed by atoms with E-state index in [9.17, 15) is 0 Å². The van der Waals surface area contributed by atoms with Gasteiger partial charge in [0.15, 0.2) is 0 Å². The van der Waals surface area contributed by atoms with Crippen molar-refractivity contribution in [3.63, 3.8) is 0 Å². The molecule has 0 aliphatic rings. The molecule has 0 fully saturated rings. The molecule has 1 atom stereocenters. The molecule has 3 N–H and O–H groups in total. The first-order chi connectivity index (χ1) is 10.1. The van der Waals surface area contributed by atoms with Crippen LogP contribution in [-0.2, 0) is 6.42 Å². The first-order valence-corrected chi connectivity index (χ1v) is 8.36. The van der Waals surface area contributed by atoms with Crippen LogP contribution < -0.4 is 11.3 Å². The Hall–Kier alpha value is -1.00. The minimum absolute atomic E-state index is 0.214. The fourth-order valence-corrected chi connectivity index (χ4v) is 3.61. The topological polar surface area (TPSA) is 38.0 Å². The number of hydrogen-bond donors (Lipinski definition) is 2. The molecule has 2 aromatic rings. The van der Waals surface area contributed by atoms with E-state index in [0.717, 1.165) is 22.1 Å². The fraction of sp³-hybridized carbons (Fsp3) is 0.294. The lowest BCUT2D eigenvalue weighted by Crippen LogP contribution is -2.39. The molecule has 0 heterocycles. The molecule has 112 valence electrons. The Kier molecular flexibility index (Phi) is 6.12. The molecule has 4 heteroatoms. The van der Waals surface area contributed by atoms with Crippen LogP contribution in [0.2, 0.25) is 5.02 Å². The van der Waals surface area contributed by atoms with Gasteiger partial charge in [-0.15, -0.1) is 11.8 Å². The second-order valence-electron chi connectivity index (χ2n) is 5.18. The van der Waals surface area contributed by atoms with E-state index in [0.29, 0.717) is 0 Å². The van der Waals surface area contributed by atoms with Crippen LogP contribution in [0.15, 0.2) is 47.4 Å². The molecule has 21 heavy (non-hydrogen) atoms. The highest BCUT2D eigenvalue weighted by Gasteiger charge is 2.12. The molecule has 0 aromatic heterocycles. The molecule has 0 aliphatic heterocycles. The van der Waals surface area contributed by atoms with E-state index < -0.39 is 0 Å². The number of thioether (sulfide) groups is 1. The van der Waals surface area contributed by atoms with E-state index in [1.54, 1.807) is 11.8 Å². The van der Waals surface area contributed by atoms with Crippen molar-refractivity contribution in [2.75, 3.05) is 5.75 Å². The third kappa shape index (κ3) is 4.48. The summed E-state index contributed by atoms with van der Waals surface area (Å²) < 4.78 is 0. The van der Waals surface area contributed by atoms with Crippen LogP contribution in [0.25, 0.3) is 0 Å². The molecule has 2 nitrogen and oxygen atoms in total. The highest BCUT2D eigenvalue weighted by Crippen LogP contribution is 2.27. The molecule has 0 amide bonds. The minimum Gasteiger partial charge on any atom is -0.271 e. The van der Waals surface area contributed by atoms with E-state index in [2.05, 4.69) is 37.5 Å². The predicted octanol–water partition coefficient (Wildman–Crippen LogP) is 4.12. The first-order valence-electron chi connectivity index (χ1n) is 7.00. The van der Waals surface area contributed by atoms with Crippen molar-refractivity contribution in [1.82, 2.24) is 5.43 Å². The highest BCUT2D eigenvalue weighted by molar-refractivity contribution is 7.99. The number of hydrogen-bond acceptors (Lipinski definition) is 3. The third-order valence-electron chi connectivity index (χ3n) is 3.61. The van der Waals surface area contributed by atoms with Crippen molar-refractivity contribution in [2.45, 2.75) is 31.2 Å². The van der Waals surface area contributed by atoms with Crippen LogP contribution >= 0.6 is 23.4 Å². The normalized spacial score (nSPS) is 12.4. The van der Waals surface area contributed by atoms with Gasteiger partial charge in [-0.05, 0) is 49.1 Å². The number of rotatable bonds is 6. The molecule has 2 rings (SSSR count). The van der Waals surface area contributed by atoms with Gasteiger partial charge >= 0.3 is 0 Å². The molecule has 0 saturated carbocycles. The maximum absolute atomic E-state index is 6.19. The molecule has 1 unspecified atom stereocenters. The maximum atomic E-state index is 6.19. The zero-order chi connectivity index (χ0) is 15.2. The minimum atomic E-state index is 0.214. The summed E-state index contributed by atoms with van der Waals surface area (Å²) in [7, 11) is 0. The highest BCUT2D eigenvalue weighted by atomic mass is 35.5. The van der Waals surface area contributed by atoms with Crippen molar-refractivity contribution < 1.29 is 0 Å². The summed E-state index contributed by atoms with van der Waals surface area (Å²) in [4.78, 5) is 1.10. The first kappa shape index (κ1) is 16.4. The number of aryl methyl sites for hydroxylation is 2. The van der Waals surface area contributed by atoms with Crippen LogP contribution in [-0.4, -0.2) is 11.8 Å². The summed E-state index contributed by atoms with van der Waals surface area (Å²) in [6, 6.07) is 14.5. The standard InChI is InChI=1S/C17H21ClN2S/c1-12-6-5-7-13(2)15(12)10-14(20-19)11-21-17-9-4-3-8-16(17)18/h3-9,14,20H,10-11,19H2,1-2H3. The smallest absolute Gasteiger partial charge is 0.0541 e. The summed E-state index contributed by atoms with van der Waals surface area (Å²) in [6.45, 7) is 4.30. The predicted molar refractivity (Wildman–Crippen MR) is 92.9 cm³/mol. The molecule has 0 aliphatic carbocycles. The van der Waals surface area contributed by atoms with Gasteiger partial charge in [0, 0.05) is 16.7 Å². The number of nitrogens with two attached hydrogens (primary N) is 1. The second-order valence-corrected chi connectivity index (χ2v) is 6.65. The van der Waals surface area contributed by atoms with Crippen molar-refractivity contribution in [3.8, 4) is 0 Å². The molecule has 2 aromatic carbocycles. The van der Waals surface area contributed by atoms with Crippen LogP contribution in [0.3, 0.4) is 0 Å². The van der Waals surface area contributed by atoms with Crippen molar-refractivity contribution in [3.05, 3.63) is 64.2 Å². The van der Waals surface area contributed by atoms with Crippen LogP contribution in [0.1, 0.15) is 16.7 Å². The van der Waals surface area contributed by atoms with Crippen LogP contribution in [0, 0.1) is 13.8 Å². The average Bonchev–Trinajstić information content (AvgIpc) is 2.48. The number of benzene rings is 2. The molecule has 0 bridgehead atoms. The van der Waals surface area contributed by atoms with Crippen LogP contribution in [0.5, 0.6) is 0 Å². The van der Waals surface area contributed by atoms with Gasteiger partial charge in [0.05, 0.1) is 5.02 Å². The third-order valence-corrected chi connectivity index (χ3v) is 5.29. The summed E-state index contributed by atoms with van der Waals surface area (Å²) in [5.74, 6) is 6.61. The van der Waals surface area contributed by atoms with E-state index in [-0.39, 0.29) is 6.04 Å². The Balaban J connectivity index is 2.02. The van der Waals surface area contributed by atoms with Crippen molar-refractivity contribution >= 4 is 23.4 Å². The van der Waals surface area contributed by atoms with Gasteiger partial charge in [-0.2, -0.15) is 0 Å². The lowest BCUT2D eigenvalue weighted by Gasteiger charge is -2.18. The summed E-state index contributed by atoms with van der Waals surface area (Å²) in [6.07, 6.45) is 0.923. The Morgan fingerprint density at radius 3 is 2.38 bits per heavy atom. The Morgan fingerprint density at radius 2 is 1.76 bits per heavy atom. The fourth-order valence-electron chi connectivity index (χ4n) is 2.34. The van der Waals surface area contributed by atoms with Gasteiger partial charge in [0.2, 0.25) is 0 Å². The summed E-state index contributed by atoms with van der Waals surface area (Å²) in [5.41, 5.74) is 6.94. The Bertz CT molecular complexity index is 581. The van der Waals surface area contributed by atoms with Gasteiger partial charge < -0.3 is 0 Å². The molecular weight excluding hydrogens is 300 g/mol. The SMILES string of the molecule is Cc1cccc(C)c1CC(CSc1ccccc1Cl)NN. The number of hydrazine groups is 1. The zero-order valence-electron chi connectivity index (χ0n) is 12.4. The zero-order valence-corrected chi connectivity index (χ0v) is 14.0. The van der Waals surface area contributed by atoms with Crippen LogP contribution in [0.4, 0.5) is 0 Å². The molecule has 0 radical (unpaired) electrons. The van der Waals surface area contributed by atoms with E-state index >= 15 is 0 Å². The van der Waals surface area contributed by atoms with Crippen molar-refractivity contribution in [1.29, 1.82) is 0 Å². The molecular formula is C17H21ClN2S. The van der Waals surface area contributed by atoms with Crippen molar-refractivity contribution in [2.24, 2.45) is 5.84 Å². The average molecular weight is 321 g/mol. The number of nitrogens with one attached hydrogen (secondary N) is 1. The largest absolute Gasteiger partial charge is 0.271 e. The number of halogens is 1. The van der Waals surface area contributed by atoms with E-state index in [1.807, 2.05) is 24.3 Å². The summed E-state index contributed by atoms with van der Waals surface area (Å²) >= 11 is 7.93. The van der Waals surface area contributed by atoms with Gasteiger partial charge in [-0.25, -0.2) is 0 Å². The van der Waals surface area contributed by atoms with Gasteiger partial charge in [-0.3, -0.25) is 11.3 Å². The van der Waals surface area contributed by atoms with Gasteiger partial charge in [0.1, 0.15) is 0 Å².